The van der Waals surface area contributed by atoms with E-state index in [0.29, 0.717) is 10.7 Å². The molecule has 8 heteroatoms. The predicted octanol–water partition coefficient (Wildman–Crippen LogP) is 3.80. The van der Waals surface area contributed by atoms with E-state index in [4.69, 9.17) is 33.2 Å². The summed E-state index contributed by atoms with van der Waals surface area (Å²) in [5.74, 6) is -1.13. The summed E-state index contributed by atoms with van der Waals surface area (Å²) in [4.78, 5) is 29.7. The molecule has 1 heterocycles. The van der Waals surface area contributed by atoms with Gasteiger partial charge in [0.25, 0.3) is 5.91 Å². The van der Waals surface area contributed by atoms with Gasteiger partial charge in [0.05, 0.1) is 18.1 Å². The summed E-state index contributed by atoms with van der Waals surface area (Å²) in [5, 5.41) is 9.64. The third-order valence-electron chi connectivity index (χ3n) is 3.49. The second-order valence-electron chi connectivity index (χ2n) is 5.33. The number of aryl methyl sites for hydroxylation is 1. The summed E-state index contributed by atoms with van der Waals surface area (Å²) in [7, 11) is 0. The zero-order valence-corrected chi connectivity index (χ0v) is 15.4. The maximum atomic E-state index is 12.5. The lowest BCUT2D eigenvalue weighted by Gasteiger charge is -2.22. The van der Waals surface area contributed by atoms with Crippen LogP contribution in [-0.4, -0.2) is 30.0 Å². The van der Waals surface area contributed by atoms with E-state index in [9.17, 15) is 9.59 Å². The summed E-state index contributed by atoms with van der Waals surface area (Å²) >= 11 is 11.7. The number of ether oxygens (including phenoxy) is 1. The van der Waals surface area contributed by atoms with Crippen molar-refractivity contribution in [2.75, 3.05) is 18.1 Å². The largest absolute Gasteiger partial charge is 0.452 e. The number of nitrogens with zero attached hydrogens (tertiary/aromatic N) is 3. The molecule has 2 aromatic rings. The maximum absolute atomic E-state index is 12.5. The number of aromatic nitrogens is 1. The van der Waals surface area contributed by atoms with E-state index in [0.717, 1.165) is 5.56 Å². The highest BCUT2D eigenvalue weighted by Gasteiger charge is 2.19. The Balaban J connectivity index is 2.08. The Morgan fingerprint density at radius 3 is 2.65 bits per heavy atom. The van der Waals surface area contributed by atoms with E-state index in [-0.39, 0.29) is 23.7 Å². The van der Waals surface area contributed by atoms with Crippen LogP contribution in [0.2, 0.25) is 10.2 Å². The molecule has 1 aromatic carbocycles. The Bertz CT molecular complexity index is 848. The Hall–Kier alpha value is -2.62. The summed E-state index contributed by atoms with van der Waals surface area (Å²) < 4.78 is 5.04. The molecule has 0 aliphatic heterocycles. The van der Waals surface area contributed by atoms with Crippen molar-refractivity contribution < 1.29 is 14.3 Å². The molecular formula is C18H15Cl2N3O3. The molecule has 0 bridgehead atoms. The first-order valence-electron chi connectivity index (χ1n) is 7.64. The molecule has 0 saturated carbocycles. The molecule has 6 nitrogen and oxygen atoms in total. The fraction of sp³-hybridized carbons (Fsp3) is 0.222. The van der Waals surface area contributed by atoms with Crippen molar-refractivity contribution in [3.8, 4) is 6.07 Å². The van der Waals surface area contributed by atoms with Gasteiger partial charge in [0, 0.05) is 23.5 Å². The summed E-state index contributed by atoms with van der Waals surface area (Å²) in [6, 6.07) is 9.99. The Morgan fingerprint density at radius 2 is 2.04 bits per heavy atom. The monoisotopic (exact) mass is 391 g/mol. The van der Waals surface area contributed by atoms with Gasteiger partial charge in [-0.3, -0.25) is 4.79 Å². The van der Waals surface area contributed by atoms with Crippen LogP contribution in [0.4, 0.5) is 5.69 Å². The Labute approximate surface area is 160 Å². The molecule has 0 spiro atoms. The highest BCUT2D eigenvalue weighted by Crippen LogP contribution is 2.23. The molecular weight excluding hydrogens is 377 g/mol. The number of anilines is 1. The van der Waals surface area contributed by atoms with Crippen LogP contribution >= 0.6 is 23.2 Å². The lowest BCUT2D eigenvalue weighted by atomic mass is 10.2. The minimum absolute atomic E-state index is 0.141. The molecule has 1 amide bonds. The average Bonchev–Trinajstić information content (AvgIpc) is 2.63. The number of halogens is 2. The van der Waals surface area contributed by atoms with Crippen molar-refractivity contribution in [1.29, 1.82) is 5.26 Å². The van der Waals surface area contributed by atoms with Crippen molar-refractivity contribution in [3.05, 3.63) is 57.8 Å². The molecule has 26 heavy (non-hydrogen) atoms. The van der Waals surface area contributed by atoms with Gasteiger partial charge in [-0.05, 0) is 42.8 Å². The fourth-order valence-corrected chi connectivity index (χ4v) is 2.37. The Morgan fingerprint density at radius 1 is 1.27 bits per heavy atom. The van der Waals surface area contributed by atoms with Crippen molar-refractivity contribution in [1.82, 2.24) is 4.98 Å². The van der Waals surface area contributed by atoms with Crippen LogP contribution in [0.15, 0.2) is 36.5 Å². The van der Waals surface area contributed by atoms with Gasteiger partial charge >= 0.3 is 5.97 Å². The van der Waals surface area contributed by atoms with Crippen molar-refractivity contribution in [3.63, 3.8) is 0 Å². The number of carbonyl (C=O) groups is 2. The third-order valence-corrected chi connectivity index (χ3v) is 4.14. The number of rotatable bonds is 6. The van der Waals surface area contributed by atoms with Crippen molar-refractivity contribution >= 4 is 40.8 Å². The third kappa shape index (κ3) is 5.19. The molecule has 0 aliphatic rings. The van der Waals surface area contributed by atoms with Crippen LogP contribution in [0.3, 0.4) is 0 Å². The van der Waals surface area contributed by atoms with Gasteiger partial charge in [0.15, 0.2) is 6.61 Å². The predicted molar refractivity (Wildman–Crippen MR) is 98.3 cm³/mol. The SMILES string of the molecule is Cc1cc(N(CCC#N)C(=O)COC(=O)c2ccc(Cl)nc2)ccc1Cl. The van der Waals surface area contributed by atoms with Crippen LogP contribution in [0, 0.1) is 18.3 Å². The second-order valence-corrected chi connectivity index (χ2v) is 6.13. The number of hydrogen-bond donors (Lipinski definition) is 0. The lowest BCUT2D eigenvalue weighted by Crippen LogP contribution is -2.35. The summed E-state index contributed by atoms with van der Waals surface area (Å²) in [5.41, 5.74) is 1.56. The van der Waals surface area contributed by atoms with Crippen LogP contribution in [-0.2, 0) is 9.53 Å². The molecule has 2 rings (SSSR count). The van der Waals surface area contributed by atoms with E-state index in [2.05, 4.69) is 4.98 Å². The minimum atomic E-state index is -0.685. The van der Waals surface area contributed by atoms with Crippen molar-refractivity contribution in [2.45, 2.75) is 13.3 Å². The number of hydrogen-bond acceptors (Lipinski definition) is 5. The molecule has 0 radical (unpaired) electrons. The van der Waals surface area contributed by atoms with Gasteiger partial charge in [-0.25, -0.2) is 9.78 Å². The highest BCUT2D eigenvalue weighted by atomic mass is 35.5. The number of esters is 1. The number of amides is 1. The smallest absolute Gasteiger partial charge is 0.340 e. The zero-order chi connectivity index (χ0) is 19.1. The van der Waals surface area contributed by atoms with Gasteiger partial charge in [-0.1, -0.05) is 23.2 Å². The Kier molecular flexibility index (Phi) is 6.96. The highest BCUT2D eigenvalue weighted by molar-refractivity contribution is 6.31. The van der Waals surface area contributed by atoms with E-state index < -0.39 is 18.5 Å². The van der Waals surface area contributed by atoms with Crippen LogP contribution in [0.25, 0.3) is 0 Å². The number of carbonyl (C=O) groups excluding carboxylic acids is 2. The van der Waals surface area contributed by atoms with Crippen LogP contribution in [0.1, 0.15) is 22.3 Å². The molecule has 0 saturated heterocycles. The van der Waals surface area contributed by atoms with Crippen molar-refractivity contribution in [2.24, 2.45) is 0 Å². The average molecular weight is 392 g/mol. The van der Waals surface area contributed by atoms with E-state index in [1.54, 1.807) is 18.2 Å². The summed E-state index contributed by atoms with van der Waals surface area (Å²) in [6.07, 6.45) is 1.41. The lowest BCUT2D eigenvalue weighted by molar-refractivity contribution is -0.121. The number of nitriles is 1. The van der Waals surface area contributed by atoms with E-state index in [1.165, 1.54) is 23.2 Å². The topological polar surface area (TPSA) is 83.3 Å². The van der Waals surface area contributed by atoms with Gasteiger partial charge in [-0.2, -0.15) is 5.26 Å². The van der Waals surface area contributed by atoms with Gasteiger partial charge in [0.1, 0.15) is 5.15 Å². The quantitative estimate of drug-likeness (QED) is 0.552. The first-order chi connectivity index (χ1) is 12.4. The number of benzene rings is 1. The minimum Gasteiger partial charge on any atom is -0.452 e. The number of pyridine rings is 1. The van der Waals surface area contributed by atoms with Gasteiger partial charge in [0.2, 0.25) is 0 Å². The standard InChI is InChI=1S/C18H15Cl2N3O3/c1-12-9-14(4-5-15(12)19)23(8-2-7-21)17(24)11-26-18(25)13-3-6-16(20)22-10-13/h3-6,9-10H,2,8,11H2,1H3. The molecule has 0 aliphatic carbocycles. The van der Waals surface area contributed by atoms with Crippen LogP contribution < -0.4 is 4.90 Å². The molecule has 0 N–H and O–H groups in total. The van der Waals surface area contributed by atoms with Gasteiger partial charge < -0.3 is 9.64 Å². The van der Waals surface area contributed by atoms with Gasteiger partial charge in [-0.15, -0.1) is 0 Å². The molecule has 1 aromatic heterocycles. The van der Waals surface area contributed by atoms with Crippen LogP contribution in [0.5, 0.6) is 0 Å². The first-order valence-corrected chi connectivity index (χ1v) is 8.40. The maximum Gasteiger partial charge on any atom is 0.340 e. The molecule has 134 valence electrons. The molecule has 0 atom stereocenters. The molecule has 0 fully saturated rings. The summed E-state index contributed by atoms with van der Waals surface area (Å²) in [6.45, 7) is 1.53. The normalized spacial score (nSPS) is 10.1. The zero-order valence-electron chi connectivity index (χ0n) is 13.9. The first kappa shape index (κ1) is 19.7. The van der Waals surface area contributed by atoms with E-state index in [1.807, 2.05) is 13.0 Å². The van der Waals surface area contributed by atoms with E-state index >= 15 is 0 Å². The molecule has 0 unspecified atom stereocenters. The second kappa shape index (κ2) is 9.18. The fourth-order valence-electron chi connectivity index (χ4n) is 2.14.